The fraction of sp³-hybridized carbons (Fsp3) is 0.688. The van der Waals surface area contributed by atoms with Gasteiger partial charge in [-0.3, -0.25) is 14.3 Å². The smallest absolute Gasteiger partial charge is 0.245 e. The van der Waals surface area contributed by atoms with Gasteiger partial charge in [-0.25, -0.2) is 0 Å². The maximum Gasteiger partial charge on any atom is 0.245 e. The summed E-state index contributed by atoms with van der Waals surface area (Å²) < 4.78 is 1.75. The highest BCUT2D eigenvalue weighted by Gasteiger charge is 2.39. The molecule has 3 heterocycles. The first-order chi connectivity index (χ1) is 11.0. The van der Waals surface area contributed by atoms with Gasteiger partial charge < -0.3 is 15.5 Å². The van der Waals surface area contributed by atoms with Crippen molar-refractivity contribution < 1.29 is 9.59 Å². The van der Waals surface area contributed by atoms with Crippen LogP contribution in [0.25, 0.3) is 0 Å². The van der Waals surface area contributed by atoms with Crippen LogP contribution in [-0.4, -0.2) is 58.2 Å². The molecule has 0 aliphatic carbocycles. The van der Waals surface area contributed by atoms with Crippen molar-refractivity contribution in [1.29, 1.82) is 0 Å². The van der Waals surface area contributed by atoms with E-state index in [4.69, 9.17) is 0 Å². The summed E-state index contributed by atoms with van der Waals surface area (Å²) in [7, 11) is 1.87. The molecular formula is C16H26ClN5O2. The monoisotopic (exact) mass is 355 g/mol. The van der Waals surface area contributed by atoms with Crippen LogP contribution in [0.3, 0.4) is 0 Å². The van der Waals surface area contributed by atoms with Crippen molar-refractivity contribution in [3.63, 3.8) is 0 Å². The average Bonchev–Trinajstić information content (AvgIpc) is 3.19. The summed E-state index contributed by atoms with van der Waals surface area (Å²) in [6, 6.07) is -0.194. The Morgan fingerprint density at radius 2 is 2.17 bits per heavy atom. The minimum atomic E-state index is -0.375. The molecule has 7 nitrogen and oxygen atoms in total. The molecule has 3 rings (SSSR count). The third-order valence-electron chi connectivity index (χ3n) is 4.88. The Balaban J connectivity index is 0.00000208. The van der Waals surface area contributed by atoms with Gasteiger partial charge in [0.25, 0.3) is 0 Å². The Morgan fingerprint density at radius 1 is 1.42 bits per heavy atom. The number of hydrogen-bond acceptors (Lipinski definition) is 4. The van der Waals surface area contributed by atoms with Crippen molar-refractivity contribution in [2.45, 2.75) is 38.3 Å². The van der Waals surface area contributed by atoms with Crippen molar-refractivity contribution in [3.05, 3.63) is 18.0 Å². The molecule has 3 atom stereocenters. The molecule has 0 bridgehead atoms. The molecule has 0 spiro atoms. The highest BCUT2D eigenvalue weighted by atomic mass is 35.5. The summed E-state index contributed by atoms with van der Waals surface area (Å²) in [6.07, 6.45) is 4.47. The number of aryl methyl sites for hydroxylation is 1. The first-order valence-corrected chi connectivity index (χ1v) is 8.27. The second-order valence-corrected chi connectivity index (χ2v) is 6.79. The van der Waals surface area contributed by atoms with Gasteiger partial charge in [0.05, 0.1) is 12.1 Å². The van der Waals surface area contributed by atoms with E-state index in [0.29, 0.717) is 13.0 Å². The van der Waals surface area contributed by atoms with Crippen molar-refractivity contribution in [2.75, 3.05) is 19.6 Å². The van der Waals surface area contributed by atoms with E-state index >= 15 is 0 Å². The molecule has 2 fully saturated rings. The summed E-state index contributed by atoms with van der Waals surface area (Å²) in [4.78, 5) is 26.8. The van der Waals surface area contributed by atoms with Crippen molar-refractivity contribution >= 4 is 24.2 Å². The Morgan fingerprint density at radius 3 is 2.75 bits per heavy atom. The summed E-state index contributed by atoms with van der Waals surface area (Å²) in [6.45, 7) is 6.12. The molecule has 0 radical (unpaired) electrons. The number of nitrogens with zero attached hydrogens (tertiary/aromatic N) is 3. The van der Waals surface area contributed by atoms with Gasteiger partial charge >= 0.3 is 0 Å². The van der Waals surface area contributed by atoms with Crippen LogP contribution in [0.1, 0.15) is 31.7 Å². The van der Waals surface area contributed by atoms with E-state index in [9.17, 15) is 9.59 Å². The molecule has 2 aliphatic heterocycles. The highest BCUT2D eigenvalue weighted by Crippen LogP contribution is 2.28. The van der Waals surface area contributed by atoms with Crippen LogP contribution in [0.15, 0.2) is 12.4 Å². The van der Waals surface area contributed by atoms with Gasteiger partial charge in [0.15, 0.2) is 0 Å². The third kappa shape index (κ3) is 3.57. The summed E-state index contributed by atoms with van der Waals surface area (Å²) >= 11 is 0. The van der Waals surface area contributed by atoms with E-state index in [1.54, 1.807) is 4.68 Å². The van der Waals surface area contributed by atoms with E-state index < -0.39 is 0 Å². The number of aromatic nitrogens is 2. The topological polar surface area (TPSA) is 79.3 Å². The van der Waals surface area contributed by atoms with Crippen LogP contribution in [0.4, 0.5) is 0 Å². The van der Waals surface area contributed by atoms with E-state index in [1.807, 2.05) is 38.2 Å². The number of hydrogen-bond donors (Lipinski definition) is 2. The van der Waals surface area contributed by atoms with E-state index in [0.717, 1.165) is 18.7 Å². The second-order valence-electron chi connectivity index (χ2n) is 6.79. The van der Waals surface area contributed by atoms with Gasteiger partial charge in [-0.05, 0) is 25.8 Å². The molecule has 0 saturated carbocycles. The van der Waals surface area contributed by atoms with Gasteiger partial charge in [-0.15, -0.1) is 12.4 Å². The quantitative estimate of drug-likeness (QED) is 0.812. The predicted molar refractivity (Wildman–Crippen MR) is 93.0 cm³/mol. The lowest BCUT2D eigenvalue weighted by atomic mass is 9.90. The Labute approximate surface area is 148 Å². The lowest BCUT2D eigenvalue weighted by Crippen LogP contribution is -2.46. The maximum atomic E-state index is 12.7. The number of halogens is 1. The van der Waals surface area contributed by atoms with E-state index in [-0.39, 0.29) is 48.1 Å². The first-order valence-electron chi connectivity index (χ1n) is 8.27. The van der Waals surface area contributed by atoms with Gasteiger partial charge in [0.1, 0.15) is 6.04 Å². The Hall–Kier alpha value is -1.60. The molecule has 2 saturated heterocycles. The lowest BCUT2D eigenvalue weighted by Gasteiger charge is -2.22. The lowest BCUT2D eigenvalue weighted by molar-refractivity contribution is -0.134. The van der Waals surface area contributed by atoms with Gasteiger partial charge in [0, 0.05) is 44.8 Å². The minimum absolute atomic E-state index is 0. The molecule has 2 aliphatic rings. The van der Waals surface area contributed by atoms with E-state index in [1.165, 1.54) is 0 Å². The predicted octanol–water partition coefficient (Wildman–Crippen LogP) is 0.270. The molecule has 8 heteroatoms. The second kappa shape index (κ2) is 7.53. The Kier molecular flexibility index (Phi) is 5.87. The van der Waals surface area contributed by atoms with Crippen LogP contribution in [0, 0.1) is 5.92 Å². The number of nitrogens with one attached hydrogen (secondary N) is 2. The fourth-order valence-electron chi connectivity index (χ4n) is 3.56. The van der Waals surface area contributed by atoms with Crippen LogP contribution in [-0.2, 0) is 16.6 Å². The fourth-order valence-corrected chi connectivity index (χ4v) is 3.56. The first kappa shape index (κ1) is 18.7. The summed E-state index contributed by atoms with van der Waals surface area (Å²) in [5, 5.41) is 10.4. The van der Waals surface area contributed by atoms with Gasteiger partial charge in [-0.2, -0.15) is 5.10 Å². The molecule has 1 aromatic heterocycles. The largest absolute Gasteiger partial charge is 0.344 e. The average molecular weight is 356 g/mol. The molecule has 0 aromatic carbocycles. The molecule has 1 aromatic rings. The van der Waals surface area contributed by atoms with Crippen molar-refractivity contribution in [2.24, 2.45) is 13.0 Å². The van der Waals surface area contributed by atoms with Crippen molar-refractivity contribution in [3.8, 4) is 0 Å². The third-order valence-corrected chi connectivity index (χ3v) is 4.88. The number of likely N-dealkylation sites (tertiary alicyclic amines) is 1. The van der Waals surface area contributed by atoms with E-state index in [2.05, 4.69) is 15.7 Å². The molecule has 2 N–H and O–H groups in total. The Bertz CT molecular complexity index is 603. The normalized spacial score (nSPS) is 26.8. The molecule has 134 valence electrons. The number of amides is 2. The molecule has 24 heavy (non-hydrogen) atoms. The SMILES string of the molecule is CC(C)N1CCC(NC(=O)[C@H]2CNC[C@@H]2c2cnn(C)c2)C1=O.Cl. The van der Waals surface area contributed by atoms with Crippen LogP contribution < -0.4 is 10.6 Å². The number of rotatable bonds is 4. The maximum absolute atomic E-state index is 12.7. The standard InChI is InChI=1S/C16H25N5O2.ClH/c1-10(2)21-5-4-14(16(21)23)19-15(22)13-8-17-7-12(13)11-6-18-20(3)9-11;/h6,9-10,12-14,17H,4-5,7-8H2,1-3H3,(H,19,22);1H/t12-,13+,14?;/m1./s1. The zero-order chi connectivity index (χ0) is 16.6. The van der Waals surface area contributed by atoms with Crippen molar-refractivity contribution in [1.82, 2.24) is 25.3 Å². The van der Waals surface area contributed by atoms with Gasteiger partial charge in [0.2, 0.25) is 11.8 Å². The minimum Gasteiger partial charge on any atom is -0.344 e. The van der Waals surface area contributed by atoms with Crippen LogP contribution in [0.5, 0.6) is 0 Å². The number of carbonyl (C=O) groups is 2. The number of carbonyl (C=O) groups excluding carboxylic acids is 2. The zero-order valence-corrected chi connectivity index (χ0v) is 15.2. The van der Waals surface area contributed by atoms with Crippen LogP contribution >= 0.6 is 12.4 Å². The van der Waals surface area contributed by atoms with Crippen LogP contribution in [0.2, 0.25) is 0 Å². The van der Waals surface area contributed by atoms with Gasteiger partial charge in [-0.1, -0.05) is 0 Å². The molecule has 2 amide bonds. The highest BCUT2D eigenvalue weighted by molar-refractivity contribution is 5.90. The summed E-state index contributed by atoms with van der Waals surface area (Å²) in [5.41, 5.74) is 1.07. The molecule has 1 unspecified atom stereocenters. The summed E-state index contributed by atoms with van der Waals surface area (Å²) in [5.74, 6) is -0.0356. The zero-order valence-electron chi connectivity index (χ0n) is 14.4. The molecular weight excluding hydrogens is 330 g/mol.